The van der Waals surface area contributed by atoms with Gasteiger partial charge in [-0.05, 0) is 39.6 Å². The van der Waals surface area contributed by atoms with Gasteiger partial charge in [-0.1, -0.05) is 0 Å². The summed E-state index contributed by atoms with van der Waals surface area (Å²) in [5.41, 5.74) is 7.43. The first-order valence-corrected chi connectivity index (χ1v) is 5.57. The molecule has 0 bridgehead atoms. The quantitative estimate of drug-likeness (QED) is 0.736. The van der Waals surface area contributed by atoms with Crippen LogP contribution in [0.4, 0.5) is 0 Å². The van der Waals surface area contributed by atoms with Crippen molar-refractivity contribution in [1.82, 2.24) is 9.88 Å². The SMILES string of the molecule is Cc1ccc(OCCCN(C)C)c(CN)n1. The van der Waals surface area contributed by atoms with Crippen LogP contribution in [-0.2, 0) is 6.54 Å². The van der Waals surface area contributed by atoms with Gasteiger partial charge in [-0.15, -0.1) is 0 Å². The molecule has 1 aromatic rings. The molecule has 2 N–H and O–H groups in total. The standard InChI is InChI=1S/C12H21N3O/c1-10-5-6-12(11(9-13)14-10)16-8-4-7-15(2)3/h5-6H,4,7-9,13H2,1-3H3. The van der Waals surface area contributed by atoms with Crippen molar-refractivity contribution in [1.29, 1.82) is 0 Å². The number of aromatic nitrogens is 1. The zero-order chi connectivity index (χ0) is 12.0. The van der Waals surface area contributed by atoms with Crippen LogP contribution in [0, 0.1) is 6.92 Å². The summed E-state index contributed by atoms with van der Waals surface area (Å²) in [6, 6.07) is 3.89. The van der Waals surface area contributed by atoms with Crippen molar-refractivity contribution in [2.75, 3.05) is 27.2 Å². The van der Waals surface area contributed by atoms with Crippen LogP contribution in [0.25, 0.3) is 0 Å². The Labute approximate surface area is 97.4 Å². The van der Waals surface area contributed by atoms with Crippen LogP contribution >= 0.6 is 0 Å². The van der Waals surface area contributed by atoms with Gasteiger partial charge in [0.25, 0.3) is 0 Å². The smallest absolute Gasteiger partial charge is 0.142 e. The number of pyridine rings is 1. The second-order valence-corrected chi connectivity index (χ2v) is 4.11. The van der Waals surface area contributed by atoms with E-state index in [-0.39, 0.29) is 0 Å². The monoisotopic (exact) mass is 223 g/mol. The molecule has 90 valence electrons. The van der Waals surface area contributed by atoms with Crippen LogP contribution < -0.4 is 10.5 Å². The third-order valence-electron chi connectivity index (χ3n) is 2.27. The summed E-state index contributed by atoms with van der Waals surface area (Å²) in [7, 11) is 4.11. The molecule has 0 saturated carbocycles. The van der Waals surface area contributed by atoms with Crippen molar-refractivity contribution in [2.24, 2.45) is 5.73 Å². The zero-order valence-corrected chi connectivity index (χ0v) is 10.4. The molecule has 0 unspecified atom stereocenters. The predicted octanol–water partition coefficient (Wildman–Crippen LogP) is 1.18. The lowest BCUT2D eigenvalue weighted by Gasteiger charge is -2.12. The van der Waals surface area contributed by atoms with Gasteiger partial charge in [0, 0.05) is 18.8 Å². The van der Waals surface area contributed by atoms with Gasteiger partial charge in [0.1, 0.15) is 5.75 Å². The molecule has 0 fully saturated rings. The van der Waals surface area contributed by atoms with Crippen molar-refractivity contribution in [2.45, 2.75) is 19.9 Å². The van der Waals surface area contributed by atoms with Gasteiger partial charge in [-0.2, -0.15) is 0 Å². The molecule has 0 spiro atoms. The molecule has 0 aromatic carbocycles. The second kappa shape index (κ2) is 6.45. The van der Waals surface area contributed by atoms with Crippen LogP contribution in [-0.4, -0.2) is 37.1 Å². The van der Waals surface area contributed by atoms with Crippen LogP contribution in [0.5, 0.6) is 5.75 Å². The molecule has 0 aliphatic heterocycles. The lowest BCUT2D eigenvalue weighted by atomic mass is 10.3. The molecule has 0 amide bonds. The van der Waals surface area contributed by atoms with Crippen molar-refractivity contribution >= 4 is 0 Å². The Hall–Kier alpha value is -1.13. The third kappa shape index (κ3) is 4.16. The average Bonchev–Trinajstić information content (AvgIpc) is 2.25. The van der Waals surface area contributed by atoms with Crippen molar-refractivity contribution in [3.05, 3.63) is 23.5 Å². The summed E-state index contributed by atoms with van der Waals surface area (Å²) in [5.74, 6) is 0.812. The highest BCUT2D eigenvalue weighted by Gasteiger charge is 2.03. The number of nitrogens with two attached hydrogens (primary N) is 1. The Bertz CT molecular complexity index is 326. The van der Waals surface area contributed by atoms with Gasteiger partial charge < -0.3 is 15.4 Å². The minimum atomic E-state index is 0.421. The fourth-order valence-corrected chi connectivity index (χ4v) is 1.44. The summed E-state index contributed by atoms with van der Waals surface area (Å²) in [4.78, 5) is 6.48. The van der Waals surface area contributed by atoms with Crippen LogP contribution in [0.2, 0.25) is 0 Å². The molecule has 1 aromatic heterocycles. The first-order chi connectivity index (χ1) is 7.63. The van der Waals surface area contributed by atoms with Crippen LogP contribution in [0.1, 0.15) is 17.8 Å². The van der Waals surface area contributed by atoms with E-state index < -0.39 is 0 Å². The van der Waals surface area contributed by atoms with E-state index in [1.54, 1.807) is 0 Å². The molecule has 16 heavy (non-hydrogen) atoms. The van der Waals surface area contributed by atoms with E-state index in [4.69, 9.17) is 10.5 Å². The summed E-state index contributed by atoms with van der Waals surface area (Å²) < 4.78 is 5.66. The van der Waals surface area contributed by atoms with Crippen molar-refractivity contribution in [3.63, 3.8) is 0 Å². The topological polar surface area (TPSA) is 51.4 Å². The molecule has 4 nitrogen and oxygen atoms in total. The van der Waals surface area contributed by atoms with Gasteiger partial charge in [-0.25, -0.2) is 0 Å². The largest absolute Gasteiger partial charge is 0.492 e. The van der Waals surface area contributed by atoms with Crippen molar-refractivity contribution < 1.29 is 4.74 Å². The molecule has 0 atom stereocenters. The Morgan fingerprint density at radius 3 is 2.75 bits per heavy atom. The number of ether oxygens (including phenoxy) is 1. The predicted molar refractivity (Wildman–Crippen MR) is 65.5 cm³/mol. The maximum atomic E-state index is 5.66. The molecule has 4 heteroatoms. The summed E-state index contributed by atoms with van der Waals surface area (Å²) in [6.07, 6.45) is 1.00. The van der Waals surface area contributed by atoms with Crippen LogP contribution in [0.15, 0.2) is 12.1 Å². The number of hydrogen-bond acceptors (Lipinski definition) is 4. The Morgan fingerprint density at radius 1 is 1.38 bits per heavy atom. The van der Waals surface area contributed by atoms with Gasteiger partial charge in [0.15, 0.2) is 0 Å². The average molecular weight is 223 g/mol. The Kier molecular flexibility index (Phi) is 5.22. The van der Waals surface area contributed by atoms with Gasteiger partial charge in [0.2, 0.25) is 0 Å². The van der Waals surface area contributed by atoms with E-state index >= 15 is 0 Å². The molecule has 0 saturated heterocycles. The van der Waals surface area contributed by atoms with Crippen molar-refractivity contribution in [3.8, 4) is 5.75 Å². The van der Waals surface area contributed by atoms with Gasteiger partial charge in [-0.3, -0.25) is 4.98 Å². The van der Waals surface area contributed by atoms with E-state index in [1.165, 1.54) is 0 Å². The number of nitrogens with zero attached hydrogens (tertiary/aromatic N) is 2. The first kappa shape index (κ1) is 12.9. The highest BCUT2D eigenvalue weighted by Crippen LogP contribution is 2.16. The number of rotatable bonds is 6. The Balaban J connectivity index is 2.47. The lowest BCUT2D eigenvalue weighted by Crippen LogP contribution is -2.16. The van der Waals surface area contributed by atoms with Gasteiger partial charge >= 0.3 is 0 Å². The summed E-state index contributed by atoms with van der Waals surface area (Å²) in [6.45, 7) is 4.10. The number of hydrogen-bond donors (Lipinski definition) is 1. The lowest BCUT2D eigenvalue weighted by molar-refractivity contribution is 0.278. The summed E-state index contributed by atoms with van der Waals surface area (Å²) in [5, 5.41) is 0. The van der Waals surface area contributed by atoms with E-state index in [9.17, 15) is 0 Å². The normalized spacial score (nSPS) is 10.8. The molecular formula is C12H21N3O. The Morgan fingerprint density at radius 2 is 2.12 bits per heavy atom. The zero-order valence-electron chi connectivity index (χ0n) is 10.4. The van der Waals surface area contributed by atoms with E-state index in [0.717, 1.165) is 30.1 Å². The van der Waals surface area contributed by atoms with Crippen LogP contribution in [0.3, 0.4) is 0 Å². The van der Waals surface area contributed by atoms with Gasteiger partial charge in [0.05, 0.1) is 12.3 Å². The third-order valence-corrected chi connectivity index (χ3v) is 2.27. The molecular weight excluding hydrogens is 202 g/mol. The minimum Gasteiger partial charge on any atom is -0.492 e. The fraction of sp³-hybridized carbons (Fsp3) is 0.583. The molecule has 0 aliphatic carbocycles. The molecule has 1 rings (SSSR count). The second-order valence-electron chi connectivity index (χ2n) is 4.11. The summed E-state index contributed by atoms with van der Waals surface area (Å²) >= 11 is 0. The maximum Gasteiger partial charge on any atom is 0.142 e. The van der Waals surface area contributed by atoms with E-state index in [2.05, 4.69) is 24.0 Å². The van der Waals surface area contributed by atoms with E-state index in [1.807, 2.05) is 19.1 Å². The molecule has 0 aliphatic rings. The first-order valence-electron chi connectivity index (χ1n) is 5.57. The molecule has 0 radical (unpaired) electrons. The van der Waals surface area contributed by atoms with E-state index in [0.29, 0.717) is 13.2 Å². The fourth-order valence-electron chi connectivity index (χ4n) is 1.44. The highest BCUT2D eigenvalue weighted by atomic mass is 16.5. The number of aryl methyl sites for hydroxylation is 1. The maximum absolute atomic E-state index is 5.66. The molecule has 1 heterocycles. The minimum absolute atomic E-state index is 0.421. The highest BCUT2D eigenvalue weighted by molar-refractivity contribution is 5.29.